The minimum Gasteiger partial charge on any atom is -0.397 e. The molecule has 0 atom stereocenters. The van der Waals surface area contributed by atoms with Crippen LogP contribution in [0.15, 0.2) is 24.4 Å². The Morgan fingerprint density at radius 1 is 1.38 bits per heavy atom. The monoisotopic (exact) mass is 288 g/mol. The topological polar surface area (TPSA) is 38.9 Å². The number of nitrogen functional groups attached to an aromatic ring is 1. The number of benzene rings is 1. The number of nitrogens with two attached hydrogens (primary N) is 1. The Kier molecular flexibility index (Phi) is 2.07. The van der Waals surface area contributed by atoms with Crippen molar-refractivity contribution in [3.8, 4) is 0 Å². The van der Waals surface area contributed by atoms with Gasteiger partial charge in [-0.2, -0.15) is 0 Å². The highest BCUT2D eigenvalue weighted by molar-refractivity contribution is 14.1. The van der Waals surface area contributed by atoms with E-state index in [-0.39, 0.29) is 5.82 Å². The zero-order chi connectivity index (χ0) is 9.42. The highest BCUT2D eigenvalue weighted by atomic mass is 127. The highest BCUT2D eigenvalue weighted by Crippen LogP contribution is 2.24. The van der Waals surface area contributed by atoms with Gasteiger partial charge in [0.05, 0.1) is 14.8 Å². The second-order valence-corrected chi connectivity index (χ2v) is 3.84. The van der Waals surface area contributed by atoms with E-state index in [4.69, 9.17) is 5.73 Å². The molecule has 1 aromatic heterocycles. The fourth-order valence-electron chi connectivity index (χ4n) is 1.16. The second kappa shape index (κ2) is 3.10. The molecule has 0 radical (unpaired) electrons. The van der Waals surface area contributed by atoms with E-state index in [1.807, 2.05) is 0 Å². The van der Waals surface area contributed by atoms with Crippen LogP contribution in [0, 0.1) is 9.39 Å². The summed E-state index contributed by atoms with van der Waals surface area (Å²) in [4.78, 5) is 4.07. The van der Waals surface area contributed by atoms with Crippen LogP contribution in [-0.4, -0.2) is 4.98 Å². The van der Waals surface area contributed by atoms with Gasteiger partial charge in [-0.1, -0.05) is 0 Å². The normalized spacial score (nSPS) is 10.6. The smallest absolute Gasteiger partial charge is 0.125 e. The Morgan fingerprint density at radius 2 is 2.15 bits per heavy atom. The maximum atomic E-state index is 12.8. The summed E-state index contributed by atoms with van der Waals surface area (Å²) in [6.07, 6.45) is 1.64. The van der Waals surface area contributed by atoms with Crippen molar-refractivity contribution in [3.63, 3.8) is 0 Å². The largest absolute Gasteiger partial charge is 0.397 e. The van der Waals surface area contributed by atoms with E-state index in [2.05, 4.69) is 27.6 Å². The number of nitrogens with zero attached hydrogens (tertiary/aromatic N) is 1. The Bertz CT molecular complexity index is 470. The Hall–Kier alpha value is -0.910. The van der Waals surface area contributed by atoms with Gasteiger partial charge in [-0.05, 0) is 34.7 Å². The number of hydrogen-bond acceptors (Lipinski definition) is 2. The molecule has 0 bridgehead atoms. The number of hydrogen-bond donors (Lipinski definition) is 1. The molecule has 0 saturated carbocycles. The van der Waals surface area contributed by atoms with Gasteiger partial charge < -0.3 is 5.73 Å². The Labute approximate surface area is 88.1 Å². The van der Waals surface area contributed by atoms with Crippen LogP contribution in [0.2, 0.25) is 0 Å². The number of aromatic nitrogens is 1. The molecule has 0 aliphatic rings. The molecule has 0 spiro atoms. The summed E-state index contributed by atoms with van der Waals surface area (Å²) >= 11 is 2.10. The number of fused-ring (bicyclic) bond motifs is 1. The molecule has 2 rings (SSSR count). The van der Waals surface area contributed by atoms with Gasteiger partial charge in [-0.25, -0.2) is 4.39 Å². The summed E-state index contributed by atoms with van der Waals surface area (Å²) in [5.74, 6) is -0.291. The van der Waals surface area contributed by atoms with E-state index in [1.54, 1.807) is 12.3 Å². The van der Waals surface area contributed by atoms with Gasteiger partial charge >= 0.3 is 0 Å². The first-order chi connectivity index (χ1) is 6.18. The maximum absolute atomic E-state index is 12.8. The van der Waals surface area contributed by atoms with Gasteiger partial charge in [0.25, 0.3) is 0 Å². The fraction of sp³-hybridized carbons (Fsp3) is 0. The van der Waals surface area contributed by atoms with Crippen molar-refractivity contribution < 1.29 is 4.39 Å². The summed E-state index contributed by atoms with van der Waals surface area (Å²) < 4.78 is 13.7. The lowest BCUT2D eigenvalue weighted by molar-refractivity contribution is 0.629. The molecule has 2 N–H and O–H groups in total. The highest BCUT2D eigenvalue weighted by Gasteiger charge is 2.03. The summed E-state index contributed by atoms with van der Waals surface area (Å²) in [6, 6.07) is 4.41. The zero-order valence-corrected chi connectivity index (χ0v) is 8.75. The minimum absolute atomic E-state index is 0.291. The van der Waals surface area contributed by atoms with Crippen molar-refractivity contribution in [2.75, 3.05) is 5.73 Å². The molecule has 0 fully saturated rings. The lowest BCUT2D eigenvalue weighted by atomic mass is 10.2. The predicted octanol–water partition coefficient (Wildman–Crippen LogP) is 2.56. The van der Waals surface area contributed by atoms with Crippen molar-refractivity contribution in [1.82, 2.24) is 4.98 Å². The van der Waals surface area contributed by atoms with Crippen molar-refractivity contribution in [2.24, 2.45) is 0 Å². The average Bonchev–Trinajstić information content (AvgIpc) is 2.12. The van der Waals surface area contributed by atoms with E-state index >= 15 is 0 Å². The number of anilines is 1. The Balaban J connectivity index is 2.87. The van der Waals surface area contributed by atoms with E-state index in [0.29, 0.717) is 11.2 Å². The molecule has 2 nitrogen and oxygen atoms in total. The molecular formula is C9H6FIN2. The van der Waals surface area contributed by atoms with Gasteiger partial charge in [-0.15, -0.1) is 0 Å². The molecule has 0 aliphatic heterocycles. The van der Waals surface area contributed by atoms with Gasteiger partial charge in [-0.3, -0.25) is 4.98 Å². The van der Waals surface area contributed by atoms with Gasteiger partial charge in [0, 0.05) is 17.6 Å². The number of pyridine rings is 1. The number of rotatable bonds is 0. The average molecular weight is 288 g/mol. The molecule has 0 amide bonds. The molecule has 0 aliphatic carbocycles. The van der Waals surface area contributed by atoms with E-state index < -0.39 is 0 Å². The first kappa shape index (κ1) is 8.68. The predicted molar refractivity (Wildman–Crippen MR) is 58.8 cm³/mol. The first-order valence-electron chi connectivity index (χ1n) is 3.68. The van der Waals surface area contributed by atoms with Crippen LogP contribution in [0.1, 0.15) is 0 Å². The van der Waals surface area contributed by atoms with Crippen molar-refractivity contribution in [3.05, 3.63) is 33.8 Å². The molecule has 0 saturated heterocycles. The second-order valence-electron chi connectivity index (χ2n) is 2.68. The quantitative estimate of drug-likeness (QED) is 0.757. The SMILES string of the molecule is Nc1c(I)cnc2cc(F)ccc12. The van der Waals surface area contributed by atoms with E-state index in [1.165, 1.54) is 12.1 Å². The van der Waals surface area contributed by atoms with Crippen LogP contribution >= 0.6 is 22.6 Å². The molecule has 4 heteroatoms. The van der Waals surface area contributed by atoms with Crippen molar-refractivity contribution >= 4 is 39.2 Å². The molecular weight excluding hydrogens is 282 g/mol. The van der Waals surface area contributed by atoms with Crippen molar-refractivity contribution in [1.29, 1.82) is 0 Å². The zero-order valence-electron chi connectivity index (χ0n) is 6.59. The standard InChI is InChI=1S/C9H6FIN2/c10-5-1-2-6-8(3-5)13-4-7(11)9(6)12/h1-4H,(H2,12,13). The third-order valence-electron chi connectivity index (χ3n) is 1.82. The van der Waals surface area contributed by atoms with Crippen LogP contribution < -0.4 is 5.73 Å². The van der Waals surface area contributed by atoms with Crippen LogP contribution in [0.5, 0.6) is 0 Å². The van der Waals surface area contributed by atoms with E-state index in [0.717, 1.165) is 8.96 Å². The summed E-state index contributed by atoms with van der Waals surface area (Å²) in [5, 5.41) is 0.799. The van der Waals surface area contributed by atoms with Crippen LogP contribution in [0.3, 0.4) is 0 Å². The summed E-state index contributed by atoms with van der Waals surface area (Å²) in [7, 11) is 0. The van der Waals surface area contributed by atoms with Crippen LogP contribution in [0.4, 0.5) is 10.1 Å². The van der Waals surface area contributed by atoms with Crippen LogP contribution in [-0.2, 0) is 0 Å². The van der Waals surface area contributed by atoms with Gasteiger partial charge in [0.2, 0.25) is 0 Å². The van der Waals surface area contributed by atoms with E-state index in [9.17, 15) is 4.39 Å². The molecule has 13 heavy (non-hydrogen) atoms. The summed E-state index contributed by atoms with van der Waals surface area (Å²) in [5.41, 5.74) is 7.05. The van der Waals surface area contributed by atoms with Gasteiger partial charge in [0.1, 0.15) is 5.82 Å². The third-order valence-corrected chi connectivity index (χ3v) is 2.68. The van der Waals surface area contributed by atoms with Gasteiger partial charge in [0.15, 0.2) is 0 Å². The molecule has 66 valence electrons. The molecule has 0 unspecified atom stereocenters. The lowest BCUT2D eigenvalue weighted by Gasteiger charge is -2.02. The molecule has 1 heterocycles. The Morgan fingerprint density at radius 3 is 2.92 bits per heavy atom. The minimum atomic E-state index is -0.291. The molecule has 1 aromatic carbocycles. The third kappa shape index (κ3) is 1.46. The lowest BCUT2D eigenvalue weighted by Crippen LogP contribution is -1.93. The molecule has 2 aromatic rings. The summed E-state index contributed by atoms with van der Waals surface area (Å²) in [6.45, 7) is 0. The maximum Gasteiger partial charge on any atom is 0.125 e. The van der Waals surface area contributed by atoms with Crippen LogP contribution in [0.25, 0.3) is 10.9 Å². The van der Waals surface area contributed by atoms with Crippen molar-refractivity contribution in [2.45, 2.75) is 0 Å². The number of halogens is 2. The fourth-order valence-corrected chi connectivity index (χ4v) is 1.59. The first-order valence-corrected chi connectivity index (χ1v) is 4.75.